The molecule has 0 bridgehead atoms. The number of anilines is 1. The topological polar surface area (TPSA) is 55.3 Å². The van der Waals surface area contributed by atoms with Gasteiger partial charge in [-0.15, -0.1) is 0 Å². The first-order chi connectivity index (χ1) is 8.13. The van der Waals surface area contributed by atoms with Gasteiger partial charge in [-0.1, -0.05) is 6.42 Å². The zero-order chi connectivity index (χ0) is 12.4. The lowest BCUT2D eigenvalue weighted by atomic mass is 9.85. The second kappa shape index (κ2) is 4.69. The van der Waals surface area contributed by atoms with Crippen molar-refractivity contribution in [3.05, 3.63) is 17.6 Å². The first kappa shape index (κ1) is 11.8. The first-order valence-electron chi connectivity index (χ1n) is 5.76. The molecule has 1 aliphatic rings. The van der Waals surface area contributed by atoms with Crippen molar-refractivity contribution in [2.45, 2.75) is 25.2 Å². The van der Waals surface area contributed by atoms with E-state index in [0.717, 1.165) is 18.7 Å². The number of esters is 1. The Hall–Kier alpha value is -1.65. The maximum Gasteiger partial charge on any atom is 0.343 e. The Balaban J connectivity index is 2.36. The summed E-state index contributed by atoms with van der Waals surface area (Å²) in [4.78, 5) is 22.1. The van der Waals surface area contributed by atoms with Gasteiger partial charge in [0.1, 0.15) is 17.2 Å². The van der Waals surface area contributed by atoms with Crippen LogP contribution in [0.25, 0.3) is 0 Å². The van der Waals surface area contributed by atoms with Crippen molar-refractivity contribution in [3.8, 4) is 0 Å². The Morgan fingerprint density at radius 1 is 1.47 bits per heavy atom. The molecular weight excluding hydrogens is 218 g/mol. The summed E-state index contributed by atoms with van der Waals surface area (Å²) < 4.78 is 4.72. The normalized spacial score (nSPS) is 15.2. The van der Waals surface area contributed by atoms with Crippen LogP contribution in [0.4, 0.5) is 5.82 Å². The van der Waals surface area contributed by atoms with Crippen molar-refractivity contribution in [2.75, 3.05) is 26.1 Å². The summed E-state index contributed by atoms with van der Waals surface area (Å²) in [6, 6.07) is 0. The maximum absolute atomic E-state index is 11.6. The fraction of sp³-hybridized carbons (Fsp3) is 0.583. The van der Waals surface area contributed by atoms with Gasteiger partial charge in [-0.25, -0.2) is 14.8 Å². The number of nitrogens with zero attached hydrogens (tertiary/aromatic N) is 3. The molecule has 0 radical (unpaired) electrons. The SMILES string of the molecule is COC(=O)c1cnc(C2CCC2)nc1N(C)C. The number of carbonyl (C=O) groups excluding carboxylic acids is 1. The van der Waals surface area contributed by atoms with E-state index in [1.807, 2.05) is 19.0 Å². The van der Waals surface area contributed by atoms with E-state index in [2.05, 4.69) is 9.97 Å². The molecule has 5 heteroatoms. The molecule has 0 atom stereocenters. The Morgan fingerprint density at radius 3 is 2.65 bits per heavy atom. The summed E-state index contributed by atoms with van der Waals surface area (Å²) in [5, 5.41) is 0. The molecule has 1 fully saturated rings. The molecule has 1 saturated carbocycles. The lowest BCUT2D eigenvalue weighted by Crippen LogP contribution is -2.20. The number of hydrogen-bond acceptors (Lipinski definition) is 5. The smallest absolute Gasteiger partial charge is 0.343 e. The molecular formula is C12H17N3O2. The van der Waals surface area contributed by atoms with Gasteiger partial charge in [-0.2, -0.15) is 0 Å². The highest BCUT2D eigenvalue weighted by Crippen LogP contribution is 2.35. The summed E-state index contributed by atoms with van der Waals surface area (Å²) >= 11 is 0. The highest BCUT2D eigenvalue weighted by atomic mass is 16.5. The Bertz CT molecular complexity index is 428. The minimum atomic E-state index is -0.395. The molecule has 0 unspecified atom stereocenters. The molecule has 17 heavy (non-hydrogen) atoms. The molecule has 1 aliphatic carbocycles. The van der Waals surface area contributed by atoms with Gasteiger partial charge in [0.2, 0.25) is 0 Å². The molecule has 0 aliphatic heterocycles. The minimum absolute atomic E-state index is 0.395. The van der Waals surface area contributed by atoms with Crippen LogP contribution < -0.4 is 4.90 Å². The molecule has 92 valence electrons. The van der Waals surface area contributed by atoms with Crippen LogP contribution in [-0.2, 0) is 4.74 Å². The summed E-state index contributed by atoms with van der Waals surface area (Å²) in [6.07, 6.45) is 5.10. The number of ether oxygens (including phenoxy) is 1. The van der Waals surface area contributed by atoms with Gasteiger partial charge in [0.05, 0.1) is 7.11 Å². The van der Waals surface area contributed by atoms with Gasteiger partial charge in [0.25, 0.3) is 0 Å². The fourth-order valence-electron chi connectivity index (χ4n) is 1.84. The molecule has 0 saturated heterocycles. The van der Waals surface area contributed by atoms with Gasteiger partial charge in [0, 0.05) is 26.2 Å². The lowest BCUT2D eigenvalue weighted by Gasteiger charge is -2.25. The van der Waals surface area contributed by atoms with Crippen LogP contribution in [0.1, 0.15) is 41.4 Å². The highest BCUT2D eigenvalue weighted by Gasteiger charge is 2.25. The summed E-state index contributed by atoms with van der Waals surface area (Å²) in [6.45, 7) is 0. The number of methoxy groups -OCH3 is 1. The molecule has 1 aromatic heterocycles. The van der Waals surface area contributed by atoms with Crippen LogP contribution in [0.3, 0.4) is 0 Å². The third-order valence-electron chi connectivity index (χ3n) is 3.09. The van der Waals surface area contributed by atoms with E-state index in [1.54, 1.807) is 6.20 Å². The average molecular weight is 235 g/mol. The highest BCUT2D eigenvalue weighted by molar-refractivity contribution is 5.94. The molecule has 0 N–H and O–H groups in total. The average Bonchev–Trinajstić information content (AvgIpc) is 2.25. The van der Waals surface area contributed by atoms with Crippen LogP contribution in [0.15, 0.2) is 6.20 Å². The second-order valence-electron chi connectivity index (χ2n) is 4.48. The van der Waals surface area contributed by atoms with Gasteiger partial charge >= 0.3 is 5.97 Å². The number of rotatable bonds is 3. The number of aromatic nitrogens is 2. The van der Waals surface area contributed by atoms with Crippen LogP contribution in [-0.4, -0.2) is 37.1 Å². The van der Waals surface area contributed by atoms with Gasteiger partial charge in [-0.3, -0.25) is 0 Å². The summed E-state index contributed by atoms with van der Waals surface area (Å²) in [5.74, 6) is 1.54. The monoisotopic (exact) mass is 235 g/mol. The van der Waals surface area contributed by atoms with Crippen molar-refractivity contribution < 1.29 is 9.53 Å². The minimum Gasteiger partial charge on any atom is -0.465 e. The van der Waals surface area contributed by atoms with Crippen molar-refractivity contribution >= 4 is 11.8 Å². The van der Waals surface area contributed by atoms with Crippen molar-refractivity contribution in [1.29, 1.82) is 0 Å². The Morgan fingerprint density at radius 2 is 2.18 bits per heavy atom. The third kappa shape index (κ3) is 2.23. The van der Waals surface area contributed by atoms with Crippen molar-refractivity contribution in [3.63, 3.8) is 0 Å². The van der Waals surface area contributed by atoms with Gasteiger partial charge in [-0.05, 0) is 12.8 Å². The van der Waals surface area contributed by atoms with Crippen LogP contribution in [0, 0.1) is 0 Å². The van der Waals surface area contributed by atoms with E-state index in [-0.39, 0.29) is 0 Å². The lowest BCUT2D eigenvalue weighted by molar-refractivity contribution is 0.0600. The zero-order valence-electron chi connectivity index (χ0n) is 10.4. The molecule has 0 spiro atoms. The predicted octanol–water partition coefficient (Wildman–Crippen LogP) is 1.60. The maximum atomic E-state index is 11.6. The molecule has 1 heterocycles. The molecule has 2 rings (SSSR count). The third-order valence-corrected chi connectivity index (χ3v) is 3.09. The van der Waals surface area contributed by atoms with E-state index < -0.39 is 5.97 Å². The molecule has 1 aromatic rings. The molecule has 5 nitrogen and oxygen atoms in total. The standard InChI is InChI=1S/C12H17N3O2/c1-15(2)11-9(12(16)17-3)7-13-10(14-11)8-5-4-6-8/h7-8H,4-6H2,1-3H3. The van der Waals surface area contributed by atoms with Crippen LogP contribution in [0.5, 0.6) is 0 Å². The first-order valence-corrected chi connectivity index (χ1v) is 5.76. The van der Waals surface area contributed by atoms with E-state index in [9.17, 15) is 4.79 Å². The van der Waals surface area contributed by atoms with Crippen molar-refractivity contribution in [2.24, 2.45) is 0 Å². The van der Waals surface area contributed by atoms with Crippen LogP contribution >= 0.6 is 0 Å². The fourth-order valence-corrected chi connectivity index (χ4v) is 1.84. The second-order valence-corrected chi connectivity index (χ2v) is 4.48. The number of carbonyl (C=O) groups is 1. The largest absolute Gasteiger partial charge is 0.465 e. The van der Waals surface area contributed by atoms with Crippen LogP contribution in [0.2, 0.25) is 0 Å². The van der Waals surface area contributed by atoms with E-state index in [4.69, 9.17) is 4.74 Å². The Kier molecular flexibility index (Phi) is 3.26. The predicted molar refractivity (Wildman–Crippen MR) is 64.3 cm³/mol. The summed E-state index contributed by atoms with van der Waals surface area (Å²) in [5.41, 5.74) is 0.417. The van der Waals surface area contributed by atoms with Gasteiger partial charge in [0.15, 0.2) is 0 Å². The van der Waals surface area contributed by atoms with E-state index in [1.165, 1.54) is 13.5 Å². The quantitative estimate of drug-likeness (QED) is 0.745. The van der Waals surface area contributed by atoms with Gasteiger partial charge < -0.3 is 9.64 Å². The van der Waals surface area contributed by atoms with E-state index >= 15 is 0 Å². The van der Waals surface area contributed by atoms with Crippen molar-refractivity contribution in [1.82, 2.24) is 9.97 Å². The molecule has 0 amide bonds. The number of hydrogen-bond donors (Lipinski definition) is 0. The summed E-state index contributed by atoms with van der Waals surface area (Å²) in [7, 11) is 5.08. The van der Waals surface area contributed by atoms with E-state index in [0.29, 0.717) is 17.3 Å². The molecule has 0 aromatic carbocycles. The Labute approximate surface area is 101 Å². The zero-order valence-corrected chi connectivity index (χ0v) is 10.4.